The first-order chi connectivity index (χ1) is 8.69. The average molecular weight is 249 g/mol. The minimum absolute atomic E-state index is 0.470. The van der Waals surface area contributed by atoms with Crippen molar-refractivity contribution in [2.75, 3.05) is 20.1 Å². The van der Waals surface area contributed by atoms with Crippen LogP contribution >= 0.6 is 0 Å². The van der Waals surface area contributed by atoms with Crippen molar-refractivity contribution < 1.29 is 0 Å². The van der Waals surface area contributed by atoms with Crippen molar-refractivity contribution in [3.05, 3.63) is 12.3 Å². The van der Waals surface area contributed by atoms with Gasteiger partial charge in [-0.05, 0) is 44.8 Å². The summed E-state index contributed by atoms with van der Waals surface area (Å²) in [7, 11) is 2.12. The van der Waals surface area contributed by atoms with Crippen LogP contribution in [0.1, 0.15) is 25.7 Å². The molecule has 3 aliphatic rings. The molecular formula is C13H23N5. The Balaban J connectivity index is 1.72. The monoisotopic (exact) mass is 249 g/mol. The quantitative estimate of drug-likeness (QED) is 0.654. The van der Waals surface area contributed by atoms with Gasteiger partial charge in [0, 0.05) is 25.2 Å². The van der Waals surface area contributed by atoms with Gasteiger partial charge in [0.15, 0.2) is 5.96 Å². The van der Waals surface area contributed by atoms with Crippen molar-refractivity contribution in [3.8, 4) is 0 Å². The molecule has 0 aromatic rings. The van der Waals surface area contributed by atoms with Crippen LogP contribution in [0, 0.1) is 5.92 Å². The Morgan fingerprint density at radius 3 is 2.72 bits per heavy atom. The maximum absolute atomic E-state index is 6.37. The Labute approximate surface area is 109 Å². The second-order valence-corrected chi connectivity index (χ2v) is 5.67. The van der Waals surface area contributed by atoms with Crippen molar-refractivity contribution in [1.82, 2.24) is 15.5 Å². The van der Waals surface area contributed by atoms with Crippen LogP contribution in [0.25, 0.3) is 0 Å². The minimum Gasteiger partial charge on any atom is -0.343 e. The van der Waals surface area contributed by atoms with Gasteiger partial charge in [0.2, 0.25) is 0 Å². The van der Waals surface area contributed by atoms with Gasteiger partial charge >= 0.3 is 0 Å². The lowest BCUT2D eigenvalue weighted by atomic mass is 10.0. The summed E-state index contributed by atoms with van der Waals surface area (Å²) in [6.07, 6.45) is 8.70. The summed E-state index contributed by atoms with van der Waals surface area (Å²) < 4.78 is 0. The molecule has 1 atom stereocenters. The third-order valence-corrected chi connectivity index (χ3v) is 4.28. The SMILES string of the molecule is CN(C1=NC(N)(C2CC2)C=CN1)C1CCNCC1. The van der Waals surface area contributed by atoms with Gasteiger partial charge in [-0.1, -0.05) is 0 Å². The molecule has 3 rings (SSSR count). The van der Waals surface area contributed by atoms with E-state index in [4.69, 9.17) is 10.7 Å². The summed E-state index contributed by atoms with van der Waals surface area (Å²) in [5.74, 6) is 1.46. The largest absolute Gasteiger partial charge is 0.343 e. The summed E-state index contributed by atoms with van der Waals surface area (Å²) in [5.41, 5.74) is 5.90. The molecule has 5 heteroatoms. The van der Waals surface area contributed by atoms with Crippen LogP contribution in [0.5, 0.6) is 0 Å². The first-order valence-electron chi connectivity index (χ1n) is 6.95. The van der Waals surface area contributed by atoms with E-state index in [0.717, 1.165) is 19.0 Å². The lowest BCUT2D eigenvalue weighted by molar-refractivity contribution is 0.279. The zero-order valence-electron chi connectivity index (χ0n) is 11.0. The molecule has 2 heterocycles. The number of nitrogens with zero attached hydrogens (tertiary/aromatic N) is 2. The lowest BCUT2D eigenvalue weighted by Gasteiger charge is -2.36. The number of piperidine rings is 1. The van der Waals surface area contributed by atoms with E-state index in [1.54, 1.807) is 0 Å². The highest BCUT2D eigenvalue weighted by molar-refractivity contribution is 5.82. The Bertz CT molecular complexity index is 368. The zero-order chi connectivity index (χ0) is 12.6. The molecule has 18 heavy (non-hydrogen) atoms. The first kappa shape index (κ1) is 12.0. The van der Waals surface area contributed by atoms with Crippen LogP contribution in [0.4, 0.5) is 0 Å². The van der Waals surface area contributed by atoms with Gasteiger partial charge in [-0.15, -0.1) is 0 Å². The van der Waals surface area contributed by atoms with Crippen LogP contribution in [-0.4, -0.2) is 42.7 Å². The van der Waals surface area contributed by atoms with Gasteiger partial charge in [-0.25, -0.2) is 4.99 Å². The first-order valence-corrected chi connectivity index (χ1v) is 6.95. The van der Waals surface area contributed by atoms with Crippen LogP contribution in [0.3, 0.4) is 0 Å². The van der Waals surface area contributed by atoms with E-state index in [1.165, 1.54) is 25.7 Å². The Morgan fingerprint density at radius 1 is 1.33 bits per heavy atom. The fraction of sp³-hybridized carbons (Fsp3) is 0.769. The number of hydrogen-bond donors (Lipinski definition) is 3. The van der Waals surface area contributed by atoms with Crippen LogP contribution in [0.15, 0.2) is 17.3 Å². The summed E-state index contributed by atoms with van der Waals surface area (Å²) >= 11 is 0. The highest BCUT2D eigenvalue weighted by Crippen LogP contribution is 2.40. The van der Waals surface area contributed by atoms with Crippen LogP contribution in [-0.2, 0) is 0 Å². The molecule has 5 nitrogen and oxygen atoms in total. The standard InChI is InChI=1S/C13H23N5/c1-18(11-4-7-15-8-5-11)12-16-9-6-13(14,17-12)10-2-3-10/h6,9-11,15H,2-5,7-8,14H2,1H3,(H,16,17). The van der Waals surface area contributed by atoms with Gasteiger partial charge in [0.1, 0.15) is 5.66 Å². The molecular weight excluding hydrogens is 226 g/mol. The van der Waals surface area contributed by atoms with Crippen molar-refractivity contribution >= 4 is 5.96 Å². The number of guanidine groups is 1. The third-order valence-electron chi connectivity index (χ3n) is 4.28. The average Bonchev–Trinajstić information content (AvgIpc) is 3.24. The predicted octanol–water partition coefficient (Wildman–Crippen LogP) is 0.208. The second-order valence-electron chi connectivity index (χ2n) is 5.67. The van der Waals surface area contributed by atoms with Gasteiger partial charge in [0.05, 0.1) is 0 Å². The minimum atomic E-state index is -0.470. The summed E-state index contributed by atoms with van der Waals surface area (Å²) in [6.45, 7) is 2.18. The summed E-state index contributed by atoms with van der Waals surface area (Å²) in [5, 5.41) is 6.64. The number of rotatable bonds is 2. The lowest BCUT2D eigenvalue weighted by Crippen LogP contribution is -2.52. The van der Waals surface area contributed by atoms with Crippen molar-refractivity contribution in [2.45, 2.75) is 37.4 Å². The van der Waals surface area contributed by atoms with E-state index < -0.39 is 5.66 Å². The predicted molar refractivity (Wildman–Crippen MR) is 73.0 cm³/mol. The van der Waals surface area contributed by atoms with Crippen LogP contribution < -0.4 is 16.4 Å². The molecule has 2 fully saturated rings. The smallest absolute Gasteiger partial charge is 0.200 e. The van der Waals surface area contributed by atoms with E-state index in [-0.39, 0.29) is 0 Å². The number of nitrogens with one attached hydrogen (secondary N) is 2. The van der Waals surface area contributed by atoms with Crippen molar-refractivity contribution in [1.29, 1.82) is 0 Å². The number of aliphatic imine (C=N–C) groups is 1. The van der Waals surface area contributed by atoms with Gasteiger partial charge < -0.3 is 21.3 Å². The molecule has 100 valence electrons. The van der Waals surface area contributed by atoms with Crippen LogP contribution in [0.2, 0.25) is 0 Å². The number of nitrogens with two attached hydrogens (primary N) is 1. The van der Waals surface area contributed by atoms with E-state index in [9.17, 15) is 0 Å². The molecule has 0 aromatic carbocycles. The van der Waals surface area contributed by atoms with Gasteiger partial charge in [-0.3, -0.25) is 0 Å². The fourth-order valence-electron chi connectivity index (χ4n) is 2.82. The second kappa shape index (κ2) is 4.55. The summed E-state index contributed by atoms with van der Waals surface area (Å²) in [6, 6.07) is 0.562. The van der Waals surface area contributed by atoms with Gasteiger partial charge in [-0.2, -0.15) is 0 Å². The molecule has 0 aromatic heterocycles. The molecule has 0 bridgehead atoms. The molecule has 0 spiro atoms. The van der Waals surface area contributed by atoms with Gasteiger partial charge in [0.25, 0.3) is 0 Å². The van der Waals surface area contributed by atoms with E-state index in [2.05, 4.69) is 22.6 Å². The third kappa shape index (κ3) is 2.24. The molecule has 1 aliphatic carbocycles. The number of hydrogen-bond acceptors (Lipinski definition) is 5. The Hall–Kier alpha value is -1.07. The molecule has 1 unspecified atom stereocenters. The fourth-order valence-corrected chi connectivity index (χ4v) is 2.82. The van der Waals surface area contributed by atoms with Crippen molar-refractivity contribution in [3.63, 3.8) is 0 Å². The Morgan fingerprint density at radius 2 is 2.06 bits per heavy atom. The zero-order valence-corrected chi connectivity index (χ0v) is 11.0. The van der Waals surface area contributed by atoms with E-state index in [1.807, 2.05) is 12.3 Å². The molecule has 0 radical (unpaired) electrons. The highest BCUT2D eigenvalue weighted by Gasteiger charge is 2.42. The highest BCUT2D eigenvalue weighted by atomic mass is 15.3. The Kier molecular flexibility index (Phi) is 3.03. The summed E-state index contributed by atoms with van der Waals surface area (Å²) in [4.78, 5) is 7.01. The maximum atomic E-state index is 6.37. The molecule has 4 N–H and O–H groups in total. The maximum Gasteiger partial charge on any atom is 0.200 e. The topological polar surface area (TPSA) is 65.7 Å². The molecule has 2 aliphatic heterocycles. The van der Waals surface area contributed by atoms with E-state index in [0.29, 0.717) is 12.0 Å². The molecule has 0 amide bonds. The van der Waals surface area contributed by atoms with Crippen molar-refractivity contribution in [2.24, 2.45) is 16.6 Å². The molecule has 1 saturated carbocycles. The van der Waals surface area contributed by atoms with E-state index >= 15 is 0 Å². The molecule has 1 saturated heterocycles. The normalized spacial score (nSPS) is 32.9.